The van der Waals surface area contributed by atoms with Crippen molar-refractivity contribution in [3.8, 4) is 0 Å². The van der Waals surface area contributed by atoms with E-state index in [1.165, 1.54) is 23.0 Å². The summed E-state index contributed by atoms with van der Waals surface area (Å²) in [5.41, 5.74) is 2.60. The van der Waals surface area contributed by atoms with Crippen LogP contribution in [0.2, 0.25) is 0 Å². The van der Waals surface area contributed by atoms with Crippen molar-refractivity contribution in [1.82, 2.24) is 0 Å². The molecule has 0 N–H and O–H groups in total. The zero-order chi connectivity index (χ0) is 19.2. The predicted molar refractivity (Wildman–Crippen MR) is 119 cm³/mol. The van der Waals surface area contributed by atoms with Crippen LogP contribution in [0, 0.1) is 127 Å². The van der Waals surface area contributed by atoms with Crippen LogP contribution in [0.1, 0.15) is 6.92 Å². The molecule has 0 nitrogen and oxygen atoms in total. The van der Waals surface area contributed by atoms with E-state index in [0.29, 0.717) is 0 Å². The van der Waals surface area contributed by atoms with E-state index in [9.17, 15) is 0 Å². The number of allylic oxidation sites excluding steroid dienone is 3. The molecular formula is C26H26Fe2S+4. The van der Waals surface area contributed by atoms with Gasteiger partial charge < -0.3 is 0 Å². The Kier molecular flexibility index (Phi) is 20.1. The second kappa shape index (κ2) is 19.5. The molecule has 3 heteroatoms. The fraction of sp³-hybridized carbons (Fsp3) is 0.0769. The topological polar surface area (TPSA) is 0 Å². The molecule has 0 unspecified atom stereocenters. The van der Waals surface area contributed by atoms with E-state index in [2.05, 4.69) is 76.0 Å². The van der Waals surface area contributed by atoms with Crippen LogP contribution in [0.5, 0.6) is 0 Å². The average molecular weight is 482 g/mol. The smallest absolute Gasteiger partial charge is 0.137 e. The summed E-state index contributed by atoms with van der Waals surface area (Å²) in [6.45, 7) is 2.10. The van der Waals surface area contributed by atoms with Crippen LogP contribution >= 0.6 is 11.8 Å². The third-order valence-corrected chi connectivity index (χ3v) is 4.34. The molecule has 4 fully saturated rings. The summed E-state index contributed by atoms with van der Waals surface area (Å²) in [5, 5.41) is 2.22. The van der Waals surface area contributed by atoms with Crippen molar-refractivity contribution in [2.45, 2.75) is 6.92 Å². The van der Waals surface area contributed by atoms with E-state index in [1.54, 1.807) is 11.8 Å². The maximum absolute atomic E-state index is 2.22. The van der Waals surface area contributed by atoms with Crippen LogP contribution in [0.15, 0.2) is 22.6 Å². The first-order valence-corrected chi connectivity index (χ1v) is 10.3. The molecule has 0 bridgehead atoms. The second-order valence-electron chi connectivity index (χ2n) is 5.74. The molecule has 0 aromatic carbocycles. The van der Waals surface area contributed by atoms with E-state index < -0.39 is 0 Å². The molecule has 4 rings (SSSR count). The Labute approximate surface area is 208 Å². The Morgan fingerprint density at radius 2 is 0.862 bits per heavy atom. The standard InChI is InChI=1S/C16H16S.2C5H5.2Fe/c1-3-15(13-8-4-5-9-13)16(12-17-2)14-10-6-7-11-14;2*1-2-4-5-3-1;;/h3-12H,1-2H3;2*1-5H;;/q;;;2*+2/b15-3-,16-12+;;;;. The molecule has 20 radical (unpaired) electrons. The maximum Gasteiger partial charge on any atom is 2.00 e. The molecule has 0 amide bonds. The zero-order valence-electron chi connectivity index (χ0n) is 16.7. The van der Waals surface area contributed by atoms with E-state index >= 15 is 0 Å². The van der Waals surface area contributed by atoms with Crippen molar-refractivity contribution >= 4 is 11.8 Å². The molecule has 0 spiro atoms. The molecule has 4 saturated carbocycles. The Balaban J connectivity index is 0.000000537. The summed E-state index contributed by atoms with van der Waals surface area (Å²) >= 11 is 1.75. The van der Waals surface area contributed by atoms with Crippen LogP contribution in [-0.4, -0.2) is 6.26 Å². The molecule has 0 aromatic heterocycles. The first kappa shape index (κ1) is 29.9. The minimum atomic E-state index is 0. The third-order valence-electron chi connectivity index (χ3n) is 3.87. The summed E-state index contributed by atoms with van der Waals surface area (Å²) in [7, 11) is 0. The van der Waals surface area contributed by atoms with Gasteiger partial charge in [-0.25, -0.2) is 0 Å². The number of hydrogen-bond donors (Lipinski definition) is 0. The molecular weight excluding hydrogens is 456 g/mol. The van der Waals surface area contributed by atoms with E-state index in [-0.39, 0.29) is 34.1 Å². The van der Waals surface area contributed by atoms with Gasteiger partial charge in [0.1, 0.15) is 0 Å². The Hall–Kier alpha value is 0.869. The van der Waals surface area contributed by atoms with Crippen LogP contribution in [-0.2, 0) is 34.1 Å². The van der Waals surface area contributed by atoms with Crippen molar-refractivity contribution in [3.05, 3.63) is 150 Å². The van der Waals surface area contributed by atoms with Gasteiger partial charge in [0.15, 0.2) is 0 Å². The largest absolute Gasteiger partial charge is 2.00 e. The molecule has 148 valence electrons. The molecule has 0 saturated heterocycles. The summed E-state index contributed by atoms with van der Waals surface area (Å²) in [6.07, 6.45) is 41.3. The van der Waals surface area contributed by atoms with Crippen molar-refractivity contribution in [2.75, 3.05) is 6.26 Å². The molecule has 0 aromatic rings. The van der Waals surface area contributed by atoms with Crippen molar-refractivity contribution < 1.29 is 34.1 Å². The van der Waals surface area contributed by atoms with Gasteiger partial charge in [0.25, 0.3) is 0 Å². The van der Waals surface area contributed by atoms with E-state index in [0.717, 1.165) is 0 Å². The molecule has 0 aliphatic heterocycles. The van der Waals surface area contributed by atoms with Crippen molar-refractivity contribution in [1.29, 1.82) is 0 Å². The summed E-state index contributed by atoms with van der Waals surface area (Å²) in [6, 6.07) is 0. The number of hydrogen-bond acceptors (Lipinski definition) is 1. The fourth-order valence-electron chi connectivity index (χ4n) is 2.63. The average Bonchev–Trinajstić information content (AvgIpc) is 3.52. The Bertz CT molecular complexity index is 399. The van der Waals surface area contributed by atoms with E-state index in [1.807, 2.05) is 64.2 Å². The monoisotopic (exact) mass is 482 g/mol. The molecule has 4 aliphatic rings. The van der Waals surface area contributed by atoms with Gasteiger partial charge in [-0.15, -0.1) is 11.8 Å². The van der Waals surface area contributed by atoms with Gasteiger partial charge in [-0.3, -0.25) is 0 Å². The molecule has 29 heavy (non-hydrogen) atoms. The molecule has 0 heterocycles. The summed E-state index contributed by atoms with van der Waals surface area (Å²) < 4.78 is 0. The van der Waals surface area contributed by atoms with Gasteiger partial charge in [-0.05, 0) is 145 Å². The summed E-state index contributed by atoms with van der Waals surface area (Å²) in [4.78, 5) is 0. The molecule has 4 aliphatic carbocycles. The zero-order valence-corrected chi connectivity index (χ0v) is 19.7. The van der Waals surface area contributed by atoms with Crippen molar-refractivity contribution in [2.24, 2.45) is 0 Å². The van der Waals surface area contributed by atoms with Crippen LogP contribution in [0.25, 0.3) is 0 Å². The SMILES string of the molecule is C/C=C([C]1[CH][CH][CH][CH]1)\C(=C\SC)[C]1[CH][CH][CH][CH]1.[CH]1[CH][CH][CH][CH]1.[CH]1[CH][CH][CH][CH]1.[Fe+2].[Fe+2]. The van der Waals surface area contributed by atoms with Gasteiger partial charge in [0.2, 0.25) is 0 Å². The number of thioether (sulfide) groups is 1. The predicted octanol–water partition coefficient (Wildman–Crippen LogP) is 6.03. The Morgan fingerprint density at radius 3 is 1.14 bits per heavy atom. The summed E-state index contributed by atoms with van der Waals surface area (Å²) in [5.74, 6) is 2.57. The fourth-order valence-corrected chi connectivity index (χ4v) is 3.13. The van der Waals surface area contributed by atoms with Gasteiger partial charge in [0, 0.05) is 11.8 Å². The quantitative estimate of drug-likeness (QED) is 0.349. The van der Waals surface area contributed by atoms with Gasteiger partial charge >= 0.3 is 34.1 Å². The minimum absolute atomic E-state index is 0. The first-order valence-electron chi connectivity index (χ1n) is 9.04. The van der Waals surface area contributed by atoms with Gasteiger partial charge in [-0.1, -0.05) is 6.08 Å². The third kappa shape index (κ3) is 11.9. The van der Waals surface area contributed by atoms with Gasteiger partial charge in [0.05, 0.1) is 0 Å². The van der Waals surface area contributed by atoms with Crippen molar-refractivity contribution in [3.63, 3.8) is 0 Å². The first-order chi connectivity index (χ1) is 13.4. The Morgan fingerprint density at radius 1 is 0.552 bits per heavy atom. The van der Waals surface area contributed by atoms with Crippen LogP contribution < -0.4 is 0 Å². The van der Waals surface area contributed by atoms with Gasteiger partial charge in [-0.2, -0.15) is 0 Å². The number of rotatable bonds is 4. The second-order valence-corrected chi connectivity index (χ2v) is 6.45. The minimum Gasteiger partial charge on any atom is -0.137 e. The van der Waals surface area contributed by atoms with Crippen LogP contribution in [0.3, 0.4) is 0 Å². The van der Waals surface area contributed by atoms with E-state index in [4.69, 9.17) is 0 Å². The van der Waals surface area contributed by atoms with Crippen LogP contribution in [0.4, 0.5) is 0 Å². The molecule has 0 atom stereocenters. The normalized spacial score (nSPS) is 22.8. The maximum atomic E-state index is 2.22.